The van der Waals surface area contributed by atoms with Gasteiger partial charge in [-0.2, -0.15) is 0 Å². The molecule has 1 N–H and O–H groups in total. The minimum Gasteiger partial charge on any atom is -0.322 e. The van der Waals surface area contributed by atoms with Crippen LogP contribution in [0.1, 0.15) is 16.3 Å². The number of aryl methyl sites for hydroxylation is 2. The summed E-state index contributed by atoms with van der Waals surface area (Å²) in [6, 6.07) is 5.92. The van der Waals surface area contributed by atoms with Gasteiger partial charge in [0.2, 0.25) is 5.91 Å². The molecule has 0 atom stereocenters. The van der Waals surface area contributed by atoms with Crippen LogP contribution >= 0.6 is 11.3 Å². The molecule has 0 fully saturated rings. The van der Waals surface area contributed by atoms with E-state index in [1.165, 1.54) is 28.0 Å². The van der Waals surface area contributed by atoms with E-state index in [0.717, 1.165) is 10.4 Å². The third-order valence-electron chi connectivity index (χ3n) is 4.28. The number of nitrogens with zero attached hydrogens (tertiary/aromatic N) is 3. The monoisotopic (exact) mass is 388 g/mol. The van der Waals surface area contributed by atoms with Crippen molar-refractivity contribution in [1.82, 2.24) is 14.5 Å². The molecule has 0 aliphatic rings. The Bertz CT molecular complexity index is 1070. The summed E-state index contributed by atoms with van der Waals surface area (Å²) in [6.07, 6.45) is 0. The van der Waals surface area contributed by atoms with E-state index >= 15 is 0 Å². The molecule has 3 rings (SSSR count). The lowest BCUT2D eigenvalue weighted by Crippen LogP contribution is -2.33. The van der Waals surface area contributed by atoms with Crippen molar-refractivity contribution >= 4 is 33.1 Å². The van der Waals surface area contributed by atoms with Crippen LogP contribution in [0.2, 0.25) is 0 Å². The summed E-state index contributed by atoms with van der Waals surface area (Å²) < 4.78 is 15.2. The summed E-state index contributed by atoms with van der Waals surface area (Å²) in [5, 5.41) is 3.06. The Balaban J connectivity index is 2.02. The minimum atomic E-state index is -0.524. The van der Waals surface area contributed by atoms with Crippen molar-refractivity contribution in [2.75, 3.05) is 19.4 Å². The second kappa shape index (κ2) is 7.58. The molecule has 3 aromatic rings. The molecule has 27 heavy (non-hydrogen) atoms. The quantitative estimate of drug-likeness (QED) is 0.730. The zero-order valence-corrected chi connectivity index (χ0v) is 16.5. The molecule has 2 heterocycles. The first-order valence-electron chi connectivity index (χ1n) is 8.46. The number of aromatic nitrogens is 2. The predicted octanol–water partition coefficient (Wildman–Crippen LogP) is 2.91. The summed E-state index contributed by atoms with van der Waals surface area (Å²) in [4.78, 5) is 33.8. The van der Waals surface area contributed by atoms with Crippen LogP contribution in [-0.4, -0.2) is 34.5 Å². The highest BCUT2D eigenvalue weighted by molar-refractivity contribution is 7.18. The number of anilines is 1. The lowest BCUT2D eigenvalue weighted by molar-refractivity contribution is -0.116. The Kier molecular flexibility index (Phi) is 5.38. The summed E-state index contributed by atoms with van der Waals surface area (Å²) >= 11 is 1.47. The molecule has 6 nitrogen and oxygen atoms in total. The molecule has 1 amide bonds. The van der Waals surface area contributed by atoms with Crippen molar-refractivity contribution in [2.24, 2.45) is 0 Å². The molecule has 0 spiro atoms. The maximum atomic E-state index is 13.8. The summed E-state index contributed by atoms with van der Waals surface area (Å²) in [5.74, 6) is -0.500. The van der Waals surface area contributed by atoms with Crippen LogP contribution < -0.4 is 10.9 Å². The summed E-state index contributed by atoms with van der Waals surface area (Å²) in [6.45, 7) is 4.01. The molecule has 8 heteroatoms. The first-order chi connectivity index (χ1) is 12.8. The van der Waals surface area contributed by atoms with Crippen LogP contribution in [0, 0.1) is 19.7 Å². The zero-order chi connectivity index (χ0) is 19.7. The number of benzene rings is 1. The van der Waals surface area contributed by atoms with Gasteiger partial charge in [0, 0.05) is 4.88 Å². The molecule has 2 aromatic heterocycles. The molecule has 0 radical (unpaired) electrons. The maximum Gasteiger partial charge on any atom is 0.263 e. The average molecular weight is 388 g/mol. The van der Waals surface area contributed by atoms with E-state index in [1.54, 1.807) is 12.1 Å². The fourth-order valence-electron chi connectivity index (χ4n) is 2.83. The second-order valence-corrected chi connectivity index (χ2v) is 7.85. The van der Waals surface area contributed by atoms with Gasteiger partial charge in [-0.15, -0.1) is 11.3 Å². The zero-order valence-electron chi connectivity index (χ0n) is 15.7. The summed E-state index contributed by atoms with van der Waals surface area (Å²) in [7, 11) is 3.73. The molecular formula is C19H21FN4O2S. The fourth-order valence-corrected chi connectivity index (χ4v) is 3.87. The van der Waals surface area contributed by atoms with E-state index < -0.39 is 11.7 Å². The largest absolute Gasteiger partial charge is 0.322 e. The van der Waals surface area contributed by atoms with Crippen LogP contribution in [0.3, 0.4) is 0 Å². The normalized spacial score (nSPS) is 11.3. The molecule has 0 bridgehead atoms. The van der Waals surface area contributed by atoms with Crippen molar-refractivity contribution < 1.29 is 9.18 Å². The van der Waals surface area contributed by atoms with Gasteiger partial charge in [-0.1, -0.05) is 12.1 Å². The average Bonchev–Trinajstić information content (AvgIpc) is 2.87. The summed E-state index contributed by atoms with van der Waals surface area (Å²) in [5.41, 5.74) is 0.718. The number of carbonyl (C=O) groups excluding carboxylic acids is 1. The number of fused-ring (bicyclic) bond motifs is 1. The predicted molar refractivity (Wildman–Crippen MR) is 106 cm³/mol. The minimum absolute atomic E-state index is 0.0845. The maximum absolute atomic E-state index is 13.8. The Labute approximate surface area is 160 Å². The van der Waals surface area contributed by atoms with Gasteiger partial charge in [-0.3, -0.25) is 14.2 Å². The third kappa shape index (κ3) is 3.91. The van der Waals surface area contributed by atoms with Gasteiger partial charge in [0.15, 0.2) is 0 Å². The van der Waals surface area contributed by atoms with E-state index in [2.05, 4.69) is 10.3 Å². The molecule has 0 unspecified atom stereocenters. The number of para-hydroxylation sites is 1. The molecule has 142 valence electrons. The van der Waals surface area contributed by atoms with Crippen molar-refractivity contribution in [3.8, 4) is 0 Å². The number of amides is 1. The topological polar surface area (TPSA) is 67.2 Å². The second-order valence-electron chi connectivity index (χ2n) is 6.65. The van der Waals surface area contributed by atoms with Crippen LogP contribution in [0.4, 0.5) is 10.1 Å². The molecular weight excluding hydrogens is 367 g/mol. The molecule has 0 aliphatic carbocycles. The number of halogens is 1. The lowest BCUT2D eigenvalue weighted by Gasteiger charge is -2.16. The van der Waals surface area contributed by atoms with Gasteiger partial charge in [0.05, 0.1) is 17.6 Å². The number of hydrogen-bond acceptors (Lipinski definition) is 5. The van der Waals surface area contributed by atoms with Crippen molar-refractivity contribution in [1.29, 1.82) is 0 Å². The number of nitrogens with one attached hydrogen (secondary N) is 1. The molecule has 0 saturated heterocycles. The van der Waals surface area contributed by atoms with Crippen LogP contribution in [-0.2, 0) is 17.9 Å². The highest BCUT2D eigenvalue weighted by Crippen LogP contribution is 2.26. The highest BCUT2D eigenvalue weighted by Gasteiger charge is 2.19. The SMILES string of the molecule is Cc1sc2nc(CN(C)C)n(CC(=O)Nc3ccccc3F)c(=O)c2c1C. The van der Waals surface area contributed by atoms with Gasteiger partial charge < -0.3 is 10.2 Å². The van der Waals surface area contributed by atoms with Gasteiger partial charge >= 0.3 is 0 Å². The van der Waals surface area contributed by atoms with Gasteiger partial charge in [0.1, 0.15) is 23.0 Å². The fraction of sp³-hybridized carbons (Fsp3) is 0.316. The van der Waals surface area contributed by atoms with Crippen LogP contribution in [0.5, 0.6) is 0 Å². The van der Waals surface area contributed by atoms with Crippen molar-refractivity contribution in [2.45, 2.75) is 26.9 Å². The van der Waals surface area contributed by atoms with Crippen molar-refractivity contribution in [3.05, 3.63) is 56.7 Å². The standard InChI is InChI=1S/C19H21FN4O2S/c1-11-12(2)27-18-17(11)19(26)24(15(22-18)9-23(3)4)10-16(25)21-14-8-6-5-7-13(14)20/h5-8H,9-10H2,1-4H3,(H,21,25). The Morgan fingerprint density at radius 1 is 1.30 bits per heavy atom. The Morgan fingerprint density at radius 2 is 2.00 bits per heavy atom. The number of carbonyl (C=O) groups is 1. The number of hydrogen-bond donors (Lipinski definition) is 1. The third-order valence-corrected chi connectivity index (χ3v) is 5.38. The van der Waals surface area contributed by atoms with E-state index in [4.69, 9.17) is 0 Å². The number of rotatable bonds is 5. The van der Waals surface area contributed by atoms with E-state index in [9.17, 15) is 14.0 Å². The van der Waals surface area contributed by atoms with Crippen molar-refractivity contribution in [3.63, 3.8) is 0 Å². The number of thiophene rings is 1. The van der Waals surface area contributed by atoms with E-state index in [0.29, 0.717) is 22.6 Å². The Hall–Kier alpha value is -2.58. The molecule has 0 aliphatic heterocycles. The van der Waals surface area contributed by atoms with Gasteiger partial charge in [-0.25, -0.2) is 9.37 Å². The smallest absolute Gasteiger partial charge is 0.263 e. The van der Waals surface area contributed by atoms with Gasteiger partial charge in [0.25, 0.3) is 5.56 Å². The highest BCUT2D eigenvalue weighted by atomic mass is 32.1. The first-order valence-corrected chi connectivity index (χ1v) is 9.28. The molecule has 1 aromatic carbocycles. The lowest BCUT2D eigenvalue weighted by atomic mass is 10.2. The Morgan fingerprint density at radius 3 is 2.67 bits per heavy atom. The van der Waals surface area contributed by atoms with Crippen LogP contribution in [0.15, 0.2) is 29.1 Å². The van der Waals surface area contributed by atoms with E-state index in [1.807, 2.05) is 32.8 Å². The van der Waals surface area contributed by atoms with Crippen LogP contribution in [0.25, 0.3) is 10.2 Å². The first kappa shape index (κ1) is 19.2. The van der Waals surface area contributed by atoms with Gasteiger partial charge in [-0.05, 0) is 45.6 Å². The molecule has 0 saturated carbocycles. The van der Waals surface area contributed by atoms with E-state index in [-0.39, 0.29) is 17.8 Å².